The number of ether oxygens (including phenoxy) is 1. The number of fused-ring (bicyclic) bond motifs is 1. The Labute approximate surface area is 171 Å². The molecule has 1 atom stereocenters. The zero-order chi connectivity index (χ0) is 20.6. The molecule has 1 fully saturated rings. The zero-order valence-corrected chi connectivity index (χ0v) is 17.3. The van der Waals surface area contributed by atoms with Gasteiger partial charge >= 0.3 is 11.6 Å². The SMILES string of the molecule is Cc1ccc(S(=O)(=O)N2CCCC(C(=O)Oc3ccc4ccc(=O)oc4c3)C2)s1. The molecule has 3 aromatic rings. The van der Waals surface area contributed by atoms with Crippen molar-refractivity contribution in [2.75, 3.05) is 13.1 Å². The second kappa shape index (κ2) is 7.74. The van der Waals surface area contributed by atoms with Crippen molar-refractivity contribution >= 4 is 38.3 Å². The summed E-state index contributed by atoms with van der Waals surface area (Å²) < 4.78 is 37.9. The molecule has 7 nitrogen and oxygen atoms in total. The van der Waals surface area contributed by atoms with Gasteiger partial charge in [-0.05, 0) is 50.1 Å². The van der Waals surface area contributed by atoms with Crippen LogP contribution < -0.4 is 10.4 Å². The summed E-state index contributed by atoms with van der Waals surface area (Å²) in [5.74, 6) is -0.798. The third-order valence-corrected chi connectivity index (χ3v) is 8.17. The number of sulfonamides is 1. The normalized spacial score (nSPS) is 18.0. The van der Waals surface area contributed by atoms with Gasteiger partial charge in [0.05, 0.1) is 5.92 Å². The van der Waals surface area contributed by atoms with E-state index in [2.05, 4.69) is 0 Å². The number of hydrogen-bond donors (Lipinski definition) is 0. The van der Waals surface area contributed by atoms with Crippen molar-refractivity contribution in [2.24, 2.45) is 5.92 Å². The number of carbonyl (C=O) groups is 1. The van der Waals surface area contributed by atoms with E-state index in [1.807, 2.05) is 6.92 Å². The van der Waals surface area contributed by atoms with Crippen LogP contribution in [0.3, 0.4) is 0 Å². The van der Waals surface area contributed by atoms with Gasteiger partial charge in [-0.2, -0.15) is 4.31 Å². The maximum atomic E-state index is 12.8. The molecule has 1 aliphatic heterocycles. The lowest BCUT2D eigenvalue weighted by atomic mass is 10.00. The Morgan fingerprint density at radius 2 is 2.00 bits per heavy atom. The van der Waals surface area contributed by atoms with Crippen LogP contribution in [0, 0.1) is 12.8 Å². The van der Waals surface area contributed by atoms with Crippen LogP contribution in [-0.4, -0.2) is 31.8 Å². The van der Waals surface area contributed by atoms with Gasteiger partial charge in [-0.15, -0.1) is 11.3 Å². The summed E-state index contributed by atoms with van der Waals surface area (Å²) in [4.78, 5) is 24.9. The van der Waals surface area contributed by atoms with Gasteiger partial charge in [-0.3, -0.25) is 4.79 Å². The van der Waals surface area contributed by atoms with Crippen LogP contribution in [0.5, 0.6) is 5.75 Å². The van der Waals surface area contributed by atoms with Crippen LogP contribution in [0.4, 0.5) is 0 Å². The molecule has 3 heterocycles. The fourth-order valence-corrected chi connectivity index (χ4v) is 6.30. The topological polar surface area (TPSA) is 93.9 Å². The standard InChI is InChI=1S/C20H19NO6S2/c1-13-4-9-19(28-13)29(24,25)21-10-2-3-15(12-21)20(23)26-16-7-5-14-6-8-18(22)27-17(14)11-16/h4-9,11,15H,2-3,10,12H2,1H3. The average Bonchev–Trinajstić information content (AvgIpc) is 3.15. The van der Waals surface area contributed by atoms with E-state index in [0.717, 1.165) is 4.88 Å². The van der Waals surface area contributed by atoms with Gasteiger partial charge in [0, 0.05) is 35.5 Å². The summed E-state index contributed by atoms with van der Waals surface area (Å²) in [5, 5.41) is 0.713. The molecule has 1 aliphatic rings. The number of thiophene rings is 1. The Kier molecular flexibility index (Phi) is 5.28. The second-order valence-electron chi connectivity index (χ2n) is 6.94. The highest BCUT2D eigenvalue weighted by atomic mass is 32.2. The molecule has 29 heavy (non-hydrogen) atoms. The van der Waals surface area contributed by atoms with Gasteiger partial charge < -0.3 is 9.15 Å². The van der Waals surface area contributed by atoms with Crippen LogP contribution in [0.15, 0.2) is 55.9 Å². The molecule has 0 aliphatic carbocycles. The lowest BCUT2D eigenvalue weighted by Gasteiger charge is -2.30. The van der Waals surface area contributed by atoms with Gasteiger partial charge in [0.25, 0.3) is 10.0 Å². The fraction of sp³-hybridized carbons (Fsp3) is 0.300. The van der Waals surface area contributed by atoms with E-state index in [1.54, 1.807) is 30.3 Å². The van der Waals surface area contributed by atoms with Gasteiger partial charge in [0.15, 0.2) is 0 Å². The zero-order valence-electron chi connectivity index (χ0n) is 15.7. The Bertz CT molecular complexity index is 1230. The van der Waals surface area contributed by atoms with Crippen molar-refractivity contribution in [2.45, 2.75) is 24.0 Å². The molecule has 1 aromatic carbocycles. The largest absolute Gasteiger partial charge is 0.426 e. The number of hydrogen-bond acceptors (Lipinski definition) is 7. The predicted octanol–water partition coefficient (Wildman–Crippen LogP) is 3.17. The van der Waals surface area contributed by atoms with Crippen LogP contribution in [0.2, 0.25) is 0 Å². The Morgan fingerprint density at radius 3 is 2.76 bits per heavy atom. The van der Waals surface area contributed by atoms with Crippen LogP contribution in [-0.2, 0) is 14.8 Å². The summed E-state index contributed by atoms with van der Waals surface area (Å²) >= 11 is 1.22. The monoisotopic (exact) mass is 433 g/mol. The summed E-state index contributed by atoms with van der Waals surface area (Å²) in [6.45, 7) is 2.32. The van der Waals surface area contributed by atoms with Crippen molar-refractivity contribution in [1.82, 2.24) is 4.31 Å². The van der Waals surface area contributed by atoms with Gasteiger partial charge in [-0.25, -0.2) is 13.2 Å². The number of nitrogens with zero attached hydrogens (tertiary/aromatic N) is 1. The van der Waals surface area contributed by atoms with Crippen LogP contribution in [0.25, 0.3) is 11.0 Å². The minimum Gasteiger partial charge on any atom is -0.426 e. The summed E-state index contributed by atoms with van der Waals surface area (Å²) in [7, 11) is -3.62. The smallest absolute Gasteiger partial charge is 0.336 e. The molecule has 0 spiro atoms. The number of carbonyl (C=O) groups excluding carboxylic acids is 1. The van der Waals surface area contributed by atoms with Gasteiger partial charge in [-0.1, -0.05) is 0 Å². The maximum absolute atomic E-state index is 12.8. The van der Waals surface area contributed by atoms with Crippen molar-refractivity contribution in [1.29, 1.82) is 0 Å². The quantitative estimate of drug-likeness (QED) is 0.356. The third kappa shape index (κ3) is 4.12. The summed E-state index contributed by atoms with van der Waals surface area (Å²) in [5.41, 5.74) is -0.165. The molecule has 0 bridgehead atoms. The molecule has 1 saturated heterocycles. The van der Waals surface area contributed by atoms with Gasteiger partial charge in [0.2, 0.25) is 0 Å². The molecule has 4 rings (SSSR count). The first-order valence-electron chi connectivity index (χ1n) is 9.15. The maximum Gasteiger partial charge on any atom is 0.336 e. The first kappa shape index (κ1) is 19.8. The van der Waals surface area contributed by atoms with E-state index in [0.29, 0.717) is 30.4 Å². The van der Waals surface area contributed by atoms with E-state index in [-0.39, 0.29) is 16.5 Å². The molecule has 0 radical (unpaired) electrons. The number of piperidine rings is 1. The van der Waals surface area contributed by atoms with Crippen molar-refractivity contribution in [3.63, 3.8) is 0 Å². The lowest BCUT2D eigenvalue weighted by molar-refractivity contribution is -0.140. The Morgan fingerprint density at radius 1 is 1.21 bits per heavy atom. The molecule has 1 unspecified atom stereocenters. The van der Waals surface area contributed by atoms with Crippen molar-refractivity contribution < 1.29 is 22.4 Å². The van der Waals surface area contributed by atoms with Gasteiger partial charge in [0.1, 0.15) is 15.5 Å². The van der Waals surface area contributed by atoms with E-state index < -0.39 is 27.5 Å². The summed E-state index contributed by atoms with van der Waals surface area (Å²) in [6, 6.07) is 11.1. The highest BCUT2D eigenvalue weighted by molar-refractivity contribution is 7.91. The van der Waals surface area contributed by atoms with E-state index in [4.69, 9.17) is 9.15 Å². The highest BCUT2D eigenvalue weighted by Gasteiger charge is 2.35. The third-order valence-electron chi connectivity index (χ3n) is 4.84. The summed E-state index contributed by atoms with van der Waals surface area (Å²) in [6.07, 6.45) is 1.13. The minimum atomic E-state index is -3.62. The van der Waals surface area contributed by atoms with Crippen molar-refractivity contribution in [3.8, 4) is 5.75 Å². The lowest BCUT2D eigenvalue weighted by Crippen LogP contribution is -2.43. The van der Waals surface area contributed by atoms with E-state index >= 15 is 0 Å². The molecule has 0 amide bonds. The Hall–Kier alpha value is -2.49. The number of esters is 1. The molecular formula is C20H19NO6S2. The minimum absolute atomic E-state index is 0.0841. The highest BCUT2D eigenvalue weighted by Crippen LogP contribution is 2.29. The molecule has 0 N–H and O–H groups in total. The molecular weight excluding hydrogens is 414 g/mol. The van der Waals surface area contributed by atoms with E-state index in [1.165, 1.54) is 27.8 Å². The Balaban J connectivity index is 1.49. The molecule has 152 valence electrons. The first-order valence-corrected chi connectivity index (χ1v) is 11.4. The average molecular weight is 434 g/mol. The number of benzene rings is 1. The second-order valence-corrected chi connectivity index (χ2v) is 10.4. The number of rotatable bonds is 4. The van der Waals surface area contributed by atoms with Crippen molar-refractivity contribution in [3.05, 3.63) is 57.8 Å². The number of aryl methyl sites for hydroxylation is 1. The molecule has 9 heteroatoms. The first-order chi connectivity index (χ1) is 13.8. The molecule has 0 saturated carbocycles. The molecule has 2 aromatic heterocycles. The van der Waals surface area contributed by atoms with Crippen LogP contribution >= 0.6 is 11.3 Å². The fourth-order valence-electron chi connectivity index (χ4n) is 3.34. The van der Waals surface area contributed by atoms with E-state index in [9.17, 15) is 18.0 Å². The van der Waals surface area contributed by atoms with Crippen LogP contribution in [0.1, 0.15) is 17.7 Å². The predicted molar refractivity (Wildman–Crippen MR) is 109 cm³/mol.